The summed E-state index contributed by atoms with van der Waals surface area (Å²) in [4.78, 5) is 0. The van der Waals surface area contributed by atoms with Gasteiger partial charge >= 0.3 is 0 Å². The normalized spacial score (nSPS) is 12.8. The highest BCUT2D eigenvalue weighted by Gasteiger charge is 2.17. The van der Waals surface area contributed by atoms with Crippen molar-refractivity contribution in [2.75, 3.05) is 0 Å². The molecule has 0 radical (unpaired) electrons. The smallest absolute Gasteiger partial charge is 0.131 e. The van der Waals surface area contributed by atoms with Crippen LogP contribution in [0.4, 0.5) is 8.78 Å². The first-order valence-electron chi connectivity index (χ1n) is 4.84. The molecule has 1 heterocycles. The van der Waals surface area contributed by atoms with Crippen LogP contribution in [0.3, 0.4) is 0 Å². The van der Waals surface area contributed by atoms with Crippen LogP contribution in [0.5, 0.6) is 0 Å². The van der Waals surface area contributed by atoms with Crippen LogP contribution in [-0.2, 0) is 0 Å². The van der Waals surface area contributed by atoms with Gasteiger partial charge in [0.2, 0.25) is 0 Å². The summed E-state index contributed by atoms with van der Waals surface area (Å²) >= 11 is 0. The number of hydrogen-bond acceptors (Lipinski definition) is 2. The molecule has 1 atom stereocenters. The largest absolute Gasteiger partial charge is 0.469 e. The van der Waals surface area contributed by atoms with Crippen LogP contribution in [0.2, 0.25) is 0 Å². The third-order valence-corrected chi connectivity index (χ3v) is 2.53. The molecule has 2 N–H and O–H groups in total. The van der Waals surface area contributed by atoms with Gasteiger partial charge in [-0.2, -0.15) is 0 Å². The monoisotopic (exact) mass is 223 g/mol. The van der Waals surface area contributed by atoms with E-state index in [1.807, 2.05) is 0 Å². The Balaban J connectivity index is 2.41. The average Bonchev–Trinajstić information content (AvgIpc) is 2.63. The molecular formula is C12H11F2NO. The van der Waals surface area contributed by atoms with Crippen LogP contribution in [0.15, 0.2) is 34.9 Å². The van der Waals surface area contributed by atoms with Gasteiger partial charge in [-0.05, 0) is 19.1 Å². The van der Waals surface area contributed by atoms with Crippen LogP contribution in [-0.4, -0.2) is 0 Å². The van der Waals surface area contributed by atoms with Crippen molar-refractivity contribution in [3.63, 3.8) is 0 Å². The zero-order valence-electron chi connectivity index (χ0n) is 8.71. The Bertz CT molecular complexity index is 507. The number of aryl methyl sites for hydroxylation is 1. The second-order valence-electron chi connectivity index (χ2n) is 3.58. The van der Waals surface area contributed by atoms with E-state index in [0.29, 0.717) is 11.3 Å². The van der Waals surface area contributed by atoms with Gasteiger partial charge in [0.1, 0.15) is 17.4 Å². The van der Waals surface area contributed by atoms with E-state index in [1.165, 1.54) is 18.4 Å². The molecule has 1 unspecified atom stereocenters. The quantitative estimate of drug-likeness (QED) is 0.850. The first-order chi connectivity index (χ1) is 7.59. The minimum Gasteiger partial charge on any atom is -0.469 e. The van der Waals surface area contributed by atoms with Crippen molar-refractivity contribution in [3.8, 4) is 0 Å². The van der Waals surface area contributed by atoms with Gasteiger partial charge in [0.05, 0.1) is 12.3 Å². The van der Waals surface area contributed by atoms with E-state index in [4.69, 9.17) is 10.2 Å². The number of benzene rings is 1. The molecule has 0 aliphatic heterocycles. The zero-order chi connectivity index (χ0) is 11.7. The molecule has 0 aliphatic rings. The summed E-state index contributed by atoms with van der Waals surface area (Å²) in [7, 11) is 0. The third kappa shape index (κ3) is 1.84. The average molecular weight is 223 g/mol. The van der Waals surface area contributed by atoms with E-state index < -0.39 is 17.7 Å². The molecule has 0 bridgehead atoms. The Labute approximate surface area is 91.7 Å². The molecule has 4 heteroatoms. The molecule has 1 aromatic heterocycles. The lowest BCUT2D eigenvalue weighted by Crippen LogP contribution is -2.14. The van der Waals surface area contributed by atoms with Crippen LogP contribution in [0, 0.1) is 18.6 Å². The van der Waals surface area contributed by atoms with E-state index in [0.717, 1.165) is 6.07 Å². The van der Waals surface area contributed by atoms with Crippen LogP contribution in [0.1, 0.15) is 22.9 Å². The van der Waals surface area contributed by atoms with Gasteiger partial charge in [-0.25, -0.2) is 8.78 Å². The van der Waals surface area contributed by atoms with Gasteiger partial charge in [-0.15, -0.1) is 0 Å². The fraction of sp³-hybridized carbons (Fsp3) is 0.167. The first-order valence-corrected chi connectivity index (χ1v) is 4.84. The lowest BCUT2D eigenvalue weighted by atomic mass is 10.00. The van der Waals surface area contributed by atoms with E-state index in [1.54, 1.807) is 13.0 Å². The molecule has 1 aromatic carbocycles. The Kier molecular flexibility index (Phi) is 2.75. The highest BCUT2D eigenvalue weighted by Crippen LogP contribution is 2.25. The second-order valence-corrected chi connectivity index (χ2v) is 3.58. The SMILES string of the molecule is Cc1occc1C(N)c1ccc(F)cc1F. The van der Waals surface area contributed by atoms with Gasteiger partial charge in [-0.1, -0.05) is 6.07 Å². The minimum atomic E-state index is -0.645. The summed E-state index contributed by atoms with van der Waals surface area (Å²) in [6.07, 6.45) is 1.49. The van der Waals surface area contributed by atoms with E-state index in [2.05, 4.69) is 0 Å². The summed E-state index contributed by atoms with van der Waals surface area (Å²) in [5, 5.41) is 0. The molecule has 0 fully saturated rings. The molecule has 16 heavy (non-hydrogen) atoms. The molecule has 2 nitrogen and oxygen atoms in total. The summed E-state index contributed by atoms with van der Waals surface area (Å²) in [5.41, 5.74) is 6.85. The standard InChI is InChI=1S/C12H11F2NO/c1-7-9(4-5-16-7)12(15)10-3-2-8(13)6-11(10)14/h2-6,12H,15H2,1H3. The lowest BCUT2D eigenvalue weighted by molar-refractivity contribution is 0.525. The van der Waals surface area contributed by atoms with Crippen molar-refractivity contribution in [2.24, 2.45) is 5.73 Å². The second kappa shape index (κ2) is 4.06. The number of halogens is 2. The van der Waals surface area contributed by atoms with Crippen molar-refractivity contribution < 1.29 is 13.2 Å². The molecule has 0 aliphatic carbocycles. The zero-order valence-corrected chi connectivity index (χ0v) is 8.71. The van der Waals surface area contributed by atoms with Crippen LogP contribution in [0.25, 0.3) is 0 Å². The summed E-state index contributed by atoms with van der Waals surface area (Å²) < 4.78 is 31.3. The highest BCUT2D eigenvalue weighted by atomic mass is 19.1. The van der Waals surface area contributed by atoms with Gasteiger partial charge in [0.15, 0.2) is 0 Å². The van der Waals surface area contributed by atoms with E-state index in [9.17, 15) is 8.78 Å². The Hall–Kier alpha value is -1.68. The third-order valence-electron chi connectivity index (χ3n) is 2.53. The summed E-state index contributed by atoms with van der Waals surface area (Å²) in [5.74, 6) is -0.623. The number of rotatable bonds is 2. The number of hydrogen-bond donors (Lipinski definition) is 1. The lowest BCUT2D eigenvalue weighted by Gasteiger charge is -2.12. The molecule has 0 saturated carbocycles. The first kappa shape index (κ1) is 10.8. The predicted molar refractivity (Wildman–Crippen MR) is 55.8 cm³/mol. The number of furan rings is 1. The topological polar surface area (TPSA) is 39.2 Å². The minimum absolute atomic E-state index is 0.255. The Morgan fingerprint density at radius 3 is 2.50 bits per heavy atom. The van der Waals surface area contributed by atoms with E-state index >= 15 is 0 Å². The van der Waals surface area contributed by atoms with Crippen LogP contribution >= 0.6 is 0 Å². The Morgan fingerprint density at radius 1 is 1.19 bits per heavy atom. The maximum atomic E-state index is 13.5. The van der Waals surface area contributed by atoms with Crippen molar-refractivity contribution >= 4 is 0 Å². The van der Waals surface area contributed by atoms with Crippen LogP contribution < -0.4 is 5.73 Å². The van der Waals surface area contributed by atoms with Gasteiger partial charge in [0.25, 0.3) is 0 Å². The van der Waals surface area contributed by atoms with Crippen molar-refractivity contribution in [1.82, 2.24) is 0 Å². The highest BCUT2D eigenvalue weighted by molar-refractivity contribution is 5.33. The molecule has 84 valence electrons. The van der Waals surface area contributed by atoms with Gasteiger partial charge < -0.3 is 10.2 Å². The van der Waals surface area contributed by atoms with Gasteiger partial charge in [0, 0.05) is 17.2 Å². The van der Waals surface area contributed by atoms with E-state index in [-0.39, 0.29) is 5.56 Å². The van der Waals surface area contributed by atoms with Crippen molar-refractivity contribution in [3.05, 3.63) is 59.1 Å². The Morgan fingerprint density at radius 2 is 1.94 bits per heavy atom. The molecule has 0 spiro atoms. The molecule has 2 rings (SSSR count). The maximum Gasteiger partial charge on any atom is 0.131 e. The number of nitrogens with two attached hydrogens (primary N) is 1. The fourth-order valence-electron chi connectivity index (χ4n) is 1.64. The molecule has 0 saturated heterocycles. The molecule has 2 aromatic rings. The summed E-state index contributed by atoms with van der Waals surface area (Å²) in [6, 6.07) is 4.41. The summed E-state index contributed by atoms with van der Waals surface area (Å²) in [6.45, 7) is 1.75. The predicted octanol–water partition coefficient (Wildman–Crippen LogP) is 2.91. The molecule has 0 amide bonds. The maximum absolute atomic E-state index is 13.5. The molecular weight excluding hydrogens is 212 g/mol. The van der Waals surface area contributed by atoms with Crippen molar-refractivity contribution in [1.29, 1.82) is 0 Å². The fourth-order valence-corrected chi connectivity index (χ4v) is 1.64. The van der Waals surface area contributed by atoms with Crippen molar-refractivity contribution in [2.45, 2.75) is 13.0 Å². The van der Waals surface area contributed by atoms with Gasteiger partial charge in [-0.3, -0.25) is 0 Å².